The molecule has 9 heteroatoms. The molecule has 0 aliphatic carbocycles. The number of ether oxygens (including phenoxy) is 1. The summed E-state index contributed by atoms with van der Waals surface area (Å²) in [5, 5.41) is 0.828. The van der Waals surface area contributed by atoms with Crippen molar-refractivity contribution in [3.8, 4) is 5.69 Å². The van der Waals surface area contributed by atoms with Crippen molar-refractivity contribution in [2.75, 3.05) is 39.5 Å². The van der Waals surface area contributed by atoms with E-state index in [0.717, 1.165) is 23.7 Å². The Morgan fingerprint density at radius 1 is 1.32 bits per heavy atom. The highest BCUT2D eigenvalue weighted by atomic mass is 32.2. The Kier molecular flexibility index (Phi) is 7.73. The van der Waals surface area contributed by atoms with E-state index < -0.39 is 0 Å². The number of esters is 1. The van der Waals surface area contributed by atoms with Crippen molar-refractivity contribution in [3.05, 3.63) is 42.2 Å². The Bertz CT molecular complexity index is 945. The second-order valence-corrected chi connectivity index (χ2v) is 8.20. The highest BCUT2D eigenvalue weighted by molar-refractivity contribution is 7.98. The van der Waals surface area contributed by atoms with E-state index in [-0.39, 0.29) is 30.2 Å². The lowest BCUT2D eigenvalue weighted by atomic mass is 9.98. The van der Waals surface area contributed by atoms with Crippen LogP contribution in [0.4, 0.5) is 0 Å². The first-order valence-corrected chi connectivity index (χ1v) is 11.5. The van der Waals surface area contributed by atoms with Gasteiger partial charge in [0.05, 0.1) is 19.1 Å². The quantitative estimate of drug-likeness (QED) is 0.482. The first-order chi connectivity index (χ1) is 14.9. The summed E-state index contributed by atoms with van der Waals surface area (Å²) < 4.78 is 7.01. The van der Waals surface area contributed by atoms with Crippen LogP contribution >= 0.6 is 11.8 Å². The molecular weight excluding hydrogens is 416 g/mol. The molecule has 3 rings (SSSR count). The lowest BCUT2D eigenvalue weighted by molar-refractivity contribution is -0.151. The Balaban J connectivity index is 1.64. The number of hydrogen-bond donors (Lipinski definition) is 0. The number of nitrogens with zero attached hydrogens (tertiary/aromatic N) is 4. The molecule has 0 N–H and O–H groups in total. The van der Waals surface area contributed by atoms with Gasteiger partial charge in [0.15, 0.2) is 5.16 Å². The molecule has 1 aliphatic heterocycles. The van der Waals surface area contributed by atoms with E-state index in [1.807, 2.05) is 29.2 Å². The van der Waals surface area contributed by atoms with Crippen LogP contribution in [-0.4, -0.2) is 76.7 Å². The van der Waals surface area contributed by atoms with Gasteiger partial charge in [0.25, 0.3) is 5.91 Å². The lowest BCUT2D eigenvalue weighted by Crippen LogP contribution is -2.47. The van der Waals surface area contributed by atoms with Crippen LogP contribution in [0.15, 0.2) is 41.8 Å². The van der Waals surface area contributed by atoms with Gasteiger partial charge in [0, 0.05) is 43.8 Å². The third-order valence-electron chi connectivity index (χ3n) is 5.27. The summed E-state index contributed by atoms with van der Waals surface area (Å²) in [4.78, 5) is 45.1. The van der Waals surface area contributed by atoms with E-state index in [1.54, 1.807) is 37.2 Å². The van der Waals surface area contributed by atoms with Crippen molar-refractivity contribution in [1.29, 1.82) is 0 Å². The number of thioether (sulfide) groups is 1. The monoisotopic (exact) mass is 444 g/mol. The molecule has 2 aromatic rings. The minimum atomic E-state index is -0.295. The number of amides is 2. The average molecular weight is 445 g/mol. The van der Waals surface area contributed by atoms with E-state index in [2.05, 4.69) is 4.98 Å². The number of carbonyl (C=O) groups is 3. The van der Waals surface area contributed by atoms with Gasteiger partial charge in [-0.05, 0) is 44.2 Å². The third kappa shape index (κ3) is 5.46. The third-order valence-corrected chi connectivity index (χ3v) is 5.94. The molecule has 8 nitrogen and oxygen atoms in total. The number of imidazole rings is 1. The minimum Gasteiger partial charge on any atom is -0.466 e. The number of rotatable bonds is 7. The van der Waals surface area contributed by atoms with Crippen LogP contribution < -0.4 is 0 Å². The van der Waals surface area contributed by atoms with Gasteiger partial charge in [-0.1, -0.05) is 17.8 Å². The van der Waals surface area contributed by atoms with Crippen molar-refractivity contribution in [1.82, 2.24) is 19.4 Å². The Hall–Kier alpha value is -2.81. The Morgan fingerprint density at radius 3 is 2.87 bits per heavy atom. The fourth-order valence-electron chi connectivity index (χ4n) is 3.68. The van der Waals surface area contributed by atoms with Gasteiger partial charge in [0.2, 0.25) is 5.91 Å². The van der Waals surface area contributed by atoms with Gasteiger partial charge in [-0.25, -0.2) is 4.98 Å². The molecule has 1 aromatic heterocycles. The number of piperidine rings is 1. The molecule has 2 amide bonds. The van der Waals surface area contributed by atoms with Crippen molar-refractivity contribution >= 4 is 29.5 Å². The molecule has 1 fully saturated rings. The molecule has 1 unspecified atom stereocenters. The zero-order valence-electron chi connectivity index (χ0n) is 18.1. The fraction of sp³-hybridized carbons (Fsp3) is 0.455. The standard InChI is InChI=1S/C22H28N4O4S/c1-4-30-21(29)17-8-6-11-25(14-17)19(27)15-24(2)20(28)16-7-5-9-18(13-16)26-12-10-23-22(26)31-3/h5,7,9-10,12-13,17H,4,6,8,11,14-15H2,1-3H3. The molecule has 1 aromatic carbocycles. The molecule has 31 heavy (non-hydrogen) atoms. The Labute approximate surface area is 186 Å². The van der Waals surface area contributed by atoms with Crippen LogP contribution in [0.25, 0.3) is 5.69 Å². The Morgan fingerprint density at radius 2 is 2.13 bits per heavy atom. The SMILES string of the molecule is CCOC(=O)C1CCCN(C(=O)CN(C)C(=O)c2cccc(-n3ccnc3SC)c2)C1. The molecule has 0 spiro atoms. The first-order valence-electron chi connectivity index (χ1n) is 10.3. The van der Waals surface area contributed by atoms with E-state index >= 15 is 0 Å². The van der Waals surface area contributed by atoms with Gasteiger partial charge in [-0.3, -0.25) is 19.0 Å². The predicted molar refractivity (Wildman–Crippen MR) is 118 cm³/mol. The predicted octanol–water partition coefficient (Wildman–Crippen LogP) is 2.47. The number of likely N-dealkylation sites (N-methyl/N-ethyl adjacent to an activating group) is 1. The van der Waals surface area contributed by atoms with Crippen LogP contribution in [-0.2, 0) is 14.3 Å². The molecule has 1 atom stereocenters. The molecule has 166 valence electrons. The largest absolute Gasteiger partial charge is 0.466 e. The summed E-state index contributed by atoms with van der Waals surface area (Å²) in [5.74, 6) is -0.957. The second-order valence-electron chi connectivity index (χ2n) is 7.43. The highest BCUT2D eigenvalue weighted by Gasteiger charge is 2.30. The molecule has 1 saturated heterocycles. The second kappa shape index (κ2) is 10.5. The van der Waals surface area contributed by atoms with Gasteiger partial charge in [0.1, 0.15) is 0 Å². The normalized spacial score (nSPS) is 16.1. The van der Waals surface area contributed by atoms with E-state index in [9.17, 15) is 14.4 Å². The number of benzene rings is 1. The van der Waals surface area contributed by atoms with Gasteiger partial charge < -0.3 is 14.5 Å². The maximum atomic E-state index is 12.9. The summed E-state index contributed by atoms with van der Waals surface area (Å²) in [6.45, 7) is 2.99. The molecular formula is C22H28N4O4S. The zero-order valence-corrected chi connectivity index (χ0v) is 18.9. The smallest absolute Gasteiger partial charge is 0.310 e. The van der Waals surface area contributed by atoms with Crippen molar-refractivity contribution in [2.24, 2.45) is 5.92 Å². The zero-order chi connectivity index (χ0) is 22.4. The van der Waals surface area contributed by atoms with Gasteiger partial charge in [-0.2, -0.15) is 0 Å². The molecule has 1 aliphatic rings. The van der Waals surface area contributed by atoms with Crippen LogP contribution in [0.2, 0.25) is 0 Å². The van der Waals surface area contributed by atoms with Crippen LogP contribution in [0.3, 0.4) is 0 Å². The summed E-state index contributed by atoms with van der Waals surface area (Å²) in [6.07, 6.45) is 6.97. The number of aromatic nitrogens is 2. The number of carbonyl (C=O) groups excluding carboxylic acids is 3. The van der Waals surface area contributed by atoms with Gasteiger partial charge >= 0.3 is 5.97 Å². The lowest BCUT2D eigenvalue weighted by Gasteiger charge is -2.32. The molecule has 0 bridgehead atoms. The highest BCUT2D eigenvalue weighted by Crippen LogP contribution is 2.20. The minimum absolute atomic E-state index is 0.0419. The topological polar surface area (TPSA) is 84.7 Å². The first kappa shape index (κ1) is 22.9. The number of hydrogen-bond acceptors (Lipinski definition) is 6. The summed E-state index contributed by atoms with van der Waals surface area (Å²) in [7, 11) is 1.62. The molecule has 0 radical (unpaired) electrons. The summed E-state index contributed by atoms with van der Waals surface area (Å²) >= 11 is 1.52. The van der Waals surface area contributed by atoms with Crippen LogP contribution in [0, 0.1) is 5.92 Å². The summed E-state index contributed by atoms with van der Waals surface area (Å²) in [6, 6.07) is 7.26. The van der Waals surface area contributed by atoms with Crippen LogP contribution in [0.1, 0.15) is 30.1 Å². The van der Waals surface area contributed by atoms with E-state index in [1.165, 1.54) is 16.7 Å². The maximum Gasteiger partial charge on any atom is 0.310 e. The number of likely N-dealkylation sites (tertiary alicyclic amines) is 1. The van der Waals surface area contributed by atoms with Gasteiger partial charge in [-0.15, -0.1) is 0 Å². The average Bonchev–Trinajstić information content (AvgIpc) is 3.28. The molecule has 2 heterocycles. The van der Waals surface area contributed by atoms with Crippen molar-refractivity contribution in [2.45, 2.75) is 24.9 Å². The van der Waals surface area contributed by atoms with E-state index in [4.69, 9.17) is 4.74 Å². The van der Waals surface area contributed by atoms with Crippen molar-refractivity contribution in [3.63, 3.8) is 0 Å². The molecule has 0 saturated carbocycles. The fourth-order valence-corrected chi connectivity index (χ4v) is 4.21. The summed E-state index contributed by atoms with van der Waals surface area (Å²) in [5.41, 5.74) is 1.33. The van der Waals surface area contributed by atoms with Crippen molar-refractivity contribution < 1.29 is 19.1 Å². The van der Waals surface area contributed by atoms with E-state index in [0.29, 0.717) is 25.3 Å². The maximum absolute atomic E-state index is 12.9. The van der Waals surface area contributed by atoms with Crippen LogP contribution in [0.5, 0.6) is 0 Å².